The minimum Gasteiger partial charge on any atom is -0.504 e. The van der Waals surface area contributed by atoms with E-state index < -0.39 is 69.2 Å². The number of benzene rings is 1. The van der Waals surface area contributed by atoms with Crippen LogP contribution in [-0.2, 0) is 37.1 Å². The summed E-state index contributed by atoms with van der Waals surface area (Å²) in [4.78, 5) is 77.1. The minimum atomic E-state index is -1.82. The predicted octanol–water partition coefficient (Wildman–Crippen LogP) is 2.63. The monoisotopic (exact) mass is 789 g/mol. The number of unbranched alkanes of at least 4 members (excludes halogenated alkanes) is 2. The van der Waals surface area contributed by atoms with E-state index in [1.165, 1.54) is 41.8 Å². The number of fused-ring (bicyclic) bond motifs is 2. The number of hydrogen-bond donors (Lipinski definition) is 6. The molecule has 54 heavy (non-hydrogen) atoms. The van der Waals surface area contributed by atoms with Crippen LogP contribution in [0.4, 0.5) is 9.52 Å². The van der Waals surface area contributed by atoms with Crippen molar-refractivity contribution in [1.82, 2.24) is 24.7 Å². The number of nitrogens with two attached hydrogens (primary N) is 1. The number of aliphatic carboxylic acids is 2. The minimum absolute atomic E-state index is 0.0233. The Morgan fingerprint density at radius 1 is 1.19 bits per heavy atom. The number of β-lactam (4-membered cyclic amide) rings is 1. The number of carboxylic acids is 2. The summed E-state index contributed by atoms with van der Waals surface area (Å²) < 4.78 is 16.5. The number of carbonyl (C=O) groups is 4. The fourth-order valence-electron chi connectivity index (χ4n) is 6.04. The van der Waals surface area contributed by atoms with Gasteiger partial charge in [0.05, 0.1) is 10.9 Å². The molecule has 17 nitrogen and oxygen atoms in total. The van der Waals surface area contributed by atoms with Crippen molar-refractivity contribution in [2.45, 2.75) is 77.1 Å². The molecule has 2 atom stereocenters. The quantitative estimate of drug-likeness (QED) is 0.0402. The van der Waals surface area contributed by atoms with Crippen LogP contribution >= 0.6 is 23.1 Å². The molecule has 0 unspecified atom stereocenters. The van der Waals surface area contributed by atoms with Crippen LogP contribution in [0.1, 0.15) is 58.2 Å². The molecule has 0 bridgehead atoms. The Labute approximate surface area is 315 Å². The molecule has 0 saturated carbocycles. The first-order valence-corrected chi connectivity index (χ1v) is 18.8. The predicted molar refractivity (Wildman–Crippen MR) is 198 cm³/mol. The van der Waals surface area contributed by atoms with Gasteiger partial charge < -0.3 is 40.9 Å². The van der Waals surface area contributed by atoms with Crippen LogP contribution in [0.3, 0.4) is 0 Å². The number of thiazole rings is 1. The Hall–Kier alpha value is -5.21. The molecule has 7 N–H and O–H groups in total. The second-order valence-corrected chi connectivity index (χ2v) is 15.2. The highest BCUT2D eigenvalue weighted by molar-refractivity contribution is 8.00. The largest absolute Gasteiger partial charge is 0.504 e. The molecule has 2 aromatic heterocycles. The van der Waals surface area contributed by atoms with E-state index in [0.717, 1.165) is 35.1 Å². The number of oxime groups is 1. The zero-order valence-corrected chi connectivity index (χ0v) is 31.4. The van der Waals surface area contributed by atoms with E-state index in [-0.39, 0.29) is 58.4 Å². The molecule has 1 fully saturated rings. The van der Waals surface area contributed by atoms with Gasteiger partial charge in [0, 0.05) is 42.5 Å². The maximum atomic E-state index is 15.0. The number of pyridine rings is 1. The van der Waals surface area contributed by atoms with Crippen molar-refractivity contribution in [3.63, 3.8) is 0 Å². The number of phenols is 2. The number of carboxylic acid groups (broad SMARTS) is 2. The van der Waals surface area contributed by atoms with E-state index in [1.807, 2.05) is 11.8 Å². The van der Waals surface area contributed by atoms with Crippen molar-refractivity contribution in [2.24, 2.45) is 5.16 Å². The number of phenolic OH excluding ortho intramolecular Hbond substituents is 2. The third-order valence-electron chi connectivity index (χ3n) is 8.95. The number of halogens is 1. The molecule has 0 radical (unpaired) electrons. The summed E-state index contributed by atoms with van der Waals surface area (Å²) >= 11 is 2.22. The van der Waals surface area contributed by atoms with Crippen LogP contribution in [-0.4, -0.2) is 105 Å². The zero-order valence-electron chi connectivity index (χ0n) is 29.8. The second-order valence-electron chi connectivity index (χ2n) is 13.2. The van der Waals surface area contributed by atoms with Crippen LogP contribution in [0, 0.1) is 5.82 Å². The molecule has 0 aliphatic carbocycles. The first kappa shape index (κ1) is 40.0. The van der Waals surface area contributed by atoms with Crippen LogP contribution < -0.4 is 16.5 Å². The number of nitrogens with one attached hydrogen (secondary N) is 1. The van der Waals surface area contributed by atoms with Gasteiger partial charge in [0.15, 0.2) is 33.6 Å². The second kappa shape index (κ2) is 16.0. The third-order valence-corrected chi connectivity index (χ3v) is 11.0. The Morgan fingerprint density at radius 3 is 2.52 bits per heavy atom. The highest BCUT2D eigenvalue weighted by Crippen LogP contribution is 2.41. The topological polar surface area (TPSA) is 250 Å². The average Bonchev–Trinajstić information content (AvgIpc) is 3.55. The number of aryl methyl sites for hydroxylation is 1. The van der Waals surface area contributed by atoms with Gasteiger partial charge >= 0.3 is 11.9 Å². The van der Waals surface area contributed by atoms with E-state index >= 15 is 4.39 Å². The maximum absolute atomic E-state index is 15.0. The number of nitrogens with zero attached hydrogens (tertiary/aromatic N) is 5. The lowest BCUT2D eigenvalue weighted by Crippen LogP contribution is -2.71. The van der Waals surface area contributed by atoms with Gasteiger partial charge in [-0.3, -0.25) is 24.2 Å². The molecule has 0 spiro atoms. The van der Waals surface area contributed by atoms with Crippen molar-refractivity contribution in [1.29, 1.82) is 0 Å². The van der Waals surface area contributed by atoms with Gasteiger partial charge in [0.25, 0.3) is 11.8 Å². The Balaban J connectivity index is 1.41. The standard InChI is InChI=1S/C34H40FN7O10S2/c1-5-7-8-9-40(11-16-13-41(6-2)25-18(26(16)44)10-20(43)27(45)21(25)35)12-17-14-53-30-23(29(47)42(30)24(17)31(48)49)38-28(46)22(19-15-54-33(36)37-19)39-52-34(3,4)32(50)51/h10,13,15,23,30,43,45H,5-9,11-12,14H2,1-4H3,(H2,36,37)(H,38,46)(H,48,49)(H,50,51)/b39-22-/t23-,30-/m1/s1. The normalized spacial score (nSPS) is 17.5. The fraction of sp³-hybridized carbons (Fsp3) is 0.441. The lowest BCUT2D eigenvalue weighted by atomic mass is 10.0. The highest BCUT2D eigenvalue weighted by atomic mass is 32.2. The van der Waals surface area contributed by atoms with Gasteiger partial charge in [-0.1, -0.05) is 24.9 Å². The number of aromatic nitrogens is 2. The van der Waals surface area contributed by atoms with Crippen molar-refractivity contribution in [3.8, 4) is 11.5 Å². The SMILES string of the molecule is CCCCCN(CC1=C(C(=O)O)N2C(=O)[C@@H](NC(=O)/C(=N\OC(C)(C)C(=O)O)c3csc(N)n3)[C@H]2SC1)Cc1cn(CC)c2c(F)c(O)c(O)cc2c1=O. The molecular weight excluding hydrogens is 750 g/mol. The van der Waals surface area contributed by atoms with E-state index in [9.17, 15) is 44.4 Å². The first-order chi connectivity index (χ1) is 25.5. The van der Waals surface area contributed by atoms with Gasteiger partial charge in [0.2, 0.25) is 5.60 Å². The summed E-state index contributed by atoms with van der Waals surface area (Å²) in [5, 5.41) is 46.7. The van der Waals surface area contributed by atoms with E-state index in [1.54, 1.807) is 6.92 Å². The first-order valence-electron chi connectivity index (χ1n) is 16.9. The molecule has 1 aromatic carbocycles. The number of rotatable bonds is 16. The number of thioether (sulfide) groups is 1. The van der Waals surface area contributed by atoms with E-state index in [0.29, 0.717) is 18.5 Å². The van der Waals surface area contributed by atoms with Crippen molar-refractivity contribution in [3.05, 3.63) is 56.2 Å². The van der Waals surface area contributed by atoms with Gasteiger partial charge in [-0.05, 0) is 45.4 Å². The number of nitrogen functional groups attached to an aromatic ring is 1. The number of hydrogen-bond acceptors (Lipinski definition) is 14. The van der Waals surface area contributed by atoms with Gasteiger partial charge in [0.1, 0.15) is 22.8 Å². The molecule has 1 saturated heterocycles. The average molecular weight is 790 g/mol. The molecule has 20 heteroatoms. The fourth-order valence-corrected chi connectivity index (χ4v) is 7.92. The van der Waals surface area contributed by atoms with E-state index in [2.05, 4.69) is 15.5 Å². The Kier molecular flexibility index (Phi) is 11.9. The summed E-state index contributed by atoms with van der Waals surface area (Å²) in [6.45, 7) is 6.97. The van der Waals surface area contributed by atoms with Crippen LogP contribution in [0.15, 0.2) is 38.9 Å². The number of anilines is 1. The molecule has 2 amide bonds. The van der Waals surface area contributed by atoms with Gasteiger partial charge in [-0.15, -0.1) is 23.1 Å². The van der Waals surface area contributed by atoms with Gasteiger partial charge in [-0.25, -0.2) is 19.0 Å². The third kappa shape index (κ3) is 7.85. The number of carbonyl (C=O) groups excluding carboxylic acids is 2. The lowest BCUT2D eigenvalue weighted by molar-refractivity contribution is -0.161. The van der Waals surface area contributed by atoms with Crippen molar-refractivity contribution < 1.29 is 48.8 Å². The van der Waals surface area contributed by atoms with Gasteiger partial charge in [-0.2, -0.15) is 0 Å². The molecule has 5 rings (SSSR count). The molecular formula is C34H40FN7O10S2. The molecule has 3 aromatic rings. The Bertz CT molecular complexity index is 2130. The maximum Gasteiger partial charge on any atom is 0.352 e. The molecule has 4 heterocycles. The summed E-state index contributed by atoms with van der Waals surface area (Å²) in [6.07, 6.45) is 3.92. The zero-order chi connectivity index (χ0) is 39.6. The van der Waals surface area contributed by atoms with Crippen molar-refractivity contribution >= 4 is 68.6 Å². The highest BCUT2D eigenvalue weighted by Gasteiger charge is 2.54. The summed E-state index contributed by atoms with van der Waals surface area (Å²) in [6, 6.07) is -0.152. The Morgan fingerprint density at radius 2 is 1.91 bits per heavy atom. The molecule has 2 aliphatic rings. The van der Waals surface area contributed by atoms with Crippen molar-refractivity contribution in [2.75, 3.05) is 24.6 Å². The summed E-state index contributed by atoms with van der Waals surface area (Å²) in [5.41, 5.74) is 3.12. The van der Waals surface area contributed by atoms with E-state index in [4.69, 9.17) is 10.6 Å². The molecule has 2 aliphatic heterocycles. The summed E-state index contributed by atoms with van der Waals surface area (Å²) in [5.74, 6) is -7.06. The van der Waals surface area contributed by atoms with Crippen LogP contribution in [0.25, 0.3) is 10.9 Å². The summed E-state index contributed by atoms with van der Waals surface area (Å²) in [7, 11) is 0. The number of aromatic hydroxyl groups is 2. The smallest absolute Gasteiger partial charge is 0.352 e. The van der Waals surface area contributed by atoms with Crippen LogP contribution in [0.2, 0.25) is 0 Å². The number of amides is 2. The lowest BCUT2D eigenvalue weighted by Gasteiger charge is -2.49. The van der Waals surface area contributed by atoms with Crippen LogP contribution in [0.5, 0.6) is 11.5 Å². The molecule has 290 valence electrons.